The van der Waals surface area contributed by atoms with Gasteiger partial charge in [-0.2, -0.15) is 0 Å². The van der Waals surface area contributed by atoms with Gasteiger partial charge < -0.3 is 14.5 Å². The summed E-state index contributed by atoms with van der Waals surface area (Å²) in [6.45, 7) is 3.81. The Hall–Kier alpha value is -4.05. The second-order valence-corrected chi connectivity index (χ2v) is 8.14. The summed E-state index contributed by atoms with van der Waals surface area (Å²) in [6.07, 6.45) is 3.70. The van der Waals surface area contributed by atoms with Crippen LogP contribution in [0.4, 0.5) is 10.7 Å². The third-order valence-electron chi connectivity index (χ3n) is 4.98. The van der Waals surface area contributed by atoms with E-state index in [1.54, 1.807) is 30.6 Å². The lowest BCUT2D eigenvalue weighted by Gasteiger charge is -2.08. The molecular weight excluding hydrogens is 444 g/mol. The van der Waals surface area contributed by atoms with Gasteiger partial charge >= 0.3 is 5.97 Å². The number of amides is 1. The summed E-state index contributed by atoms with van der Waals surface area (Å²) < 4.78 is 7.06. The van der Waals surface area contributed by atoms with Gasteiger partial charge in [0.1, 0.15) is 16.2 Å². The van der Waals surface area contributed by atoms with Crippen LogP contribution >= 0.6 is 11.3 Å². The van der Waals surface area contributed by atoms with Crippen LogP contribution in [0.1, 0.15) is 28.5 Å². The first kappa shape index (κ1) is 22.2. The molecule has 4 aromatic rings. The van der Waals surface area contributed by atoms with Gasteiger partial charge in [0.15, 0.2) is 0 Å². The minimum absolute atomic E-state index is 0.0359. The number of nitrogens with one attached hydrogen (secondary N) is 1. The van der Waals surface area contributed by atoms with E-state index < -0.39 is 10.9 Å². The fourth-order valence-corrected chi connectivity index (χ4v) is 4.43. The molecule has 10 heteroatoms. The van der Waals surface area contributed by atoms with Gasteiger partial charge in [-0.05, 0) is 43.2 Å². The molecule has 0 saturated carbocycles. The van der Waals surface area contributed by atoms with Crippen LogP contribution in [0, 0.1) is 17.0 Å². The Morgan fingerprint density at radius 3 is 2.67 bits per heavy atom. The summed E-state index contributed by atoms with van der Waals surface area (Å²) in [5, 5.41) is 15.8. The Morgan fingerprint density at radius 2 is 2.00 bits per heavy atom. The highest BCUT2D eigenvalue weighted by atomic mass is 32.1. The number of carbonyl (C=O) groups is 2. The van der Waals surface area contributed by atoms with Crippen molar-refractivity contribution in [2.75, 3.05) is 11.9 Å². The number of anilines is 1. The molecule has 1 aromatic carbocycles. The molecule has 0 bridgehead atoms. The summed E-state index contributed by atoms with van der Waals surface area (Å²) in [5.74, 6) is -0.899. The Kier molecular flexibility index (Phi) is 6.18. The minimum atomic E-state index is -0.578. The van der Waals surface area contributed by atoms with Gasteiger partial charge in [-0.3, -0.25) is 14.9 Å². The number of pyridine rings is 1. The van der Waals surface area contributed by atoms with Crippen LogP contribution < -0.4 is 5.32 Å². The smallest absolute Gasteiger partial charge is 0.341 e. The number of benzene rings is 1. The predicted octanol–water partition coefficient (Wildman–Crippen LogP) is 4.64. The maximum atomic E-state index is 12.8. The van der Waals surface area contributed by atoms with Crippen LogP contribution in [0.3, 0.4) is 0 Å². The van der Waals surface area contributed by atoms with Crippen LogP contribution in [0.15, 0.2) is 54.2 Å². The molecule has 1 amide bonds. The molecule has 9 nitrogen and oxygen atoms in total. The lowest BCUT2D eigenvalue weighted by atomic mass is 10.0. The number of non-ortho nitro benzene ring substituents is 1. The van der Waals surface area contributed by atoms with Crippen molar-refractivity contribution in [2.24, 2.45) is 0 Å². The fourth-order valence-electron chi connectivity index (χ4n) is 3.46. The molecule has 168 valence electrons. The number of carbonyl (C=O) groups excluding carboxylic acids is 2. The van der Waals surface area contributed by atoms with E-state index in [0.29, 0.717) is 21.8 Å². The number of fused-ring (bicyclic) bond motifs is 1. The molecule has 3 heterocycles. The fraction of sp³-hybridized carbons (Fsp3) is 0.174. The van der Waals surface area contributed by atoms with Gasteiger partial charge in [-0.1, -0.05) is 6.07 Å². The zero-order valence-corrected chi connectivity index (χ0v) is 18.7. The van der Waals surface area contributed by atoms with Gasteiger partial charge in [-0.25, -0.2) is 9.78 Å². The topological polar surface area (TPSA) is 116 Å². The maximum Gasteiger partial charge on any atom is 0.341 e. The highest BCUT2D eigenvalue weighted by molar-refractivity contribution is 7.15. The third kappa shape index (κ3) is 4.60. The van der Waals surface area contributed by atoms with E-state index in [9.17, 15) is 19.7 Å². The van der Waals surface area contributed by atoms with Crippen molar-refractivity contribution in [1.29, 1.82) is 0 Å². The first-order chi connectivity index (χ1) is 15.9. The van der Waals surface area contributed by atoms with Crippen LogP contribution in [-0.2, 0) is 16.0 Å². The molecular formula is C23H20N4O5S. The summed E-state index contributed by atoms with van der Waals surface area (Å²) in [6, 6.07) is 9.71. The molecule has 0 unspecified atom stereocenters. The van der Waals surface area contributed by atoms with Crippen molar-refractivity contribution in [3.63, 3.8) is 0 Å². The quantitative estimate of drug-likeness (QED) is 0.242. The van der Waals surface area contributed by atoms with Crippen LogP contribution in [0.25, 0.3) is 16.8 Å². The maximum absolute atomic E-state index is 12.8. The van der Waals surface area contributed by atoms with Gasteiger partial charge in [0.25, 0.3) is 5.69 Å². The average Bonchev–Trinajstić information content (AvgIpc) is 3.38. The first-order valence-electron chi connectivity index (χ1n) is 10.1. The number of hydrogen-bond acceptors (Lipinski definition) is 7. The Labute approximate surface area is 192 Å². The Morgan fingerprint density at radius 1 is 1.24 bits per heavy atom. The lowest BCUT2D eigenvalue weighted by molar-refractivity contribution is -0.384. The molecule has 0 spiro atoms. The number of nitro groups is 1. The number of thiophene rings is 1. The largest absolute Gasteiger partial charge is 0.462 e. The van der Waals surface area contributed by atoms with Gasteiger partial charge in [0.2, 0.25) is 5.91 Å². The number of aryl methyl sites for hydroxylation is 1. The zero-order chi connectivity index (χ0) is 23.5. The molecule has 4 rings (SSSR count). The Bertz CT molecular complexity index is 1360. The summed E-state index contributed by atoms with van der Waals surface area (Å²) >= 11 is 1.19. The number of hydrogen-bond donors (Lipinski definition) is 1. The highest BCUT2D eigenvalue weighted by Gasteiger charge is 2.23. The second kappa shape index (κ2) is 9.21. The summed E-state index contributed by atoms with van der Waals surface area (Å²) in [5.41, 5.74) is 3.69. The van der Waals surface area contributed by atoms with E-state index in [4.69, 9.17) is 4.74 Å². The molecule has 0 radical (unpaired) electrons. The normalized spacial score (nSPS) is 10.8. The second-order valence-electron chi connectivity index (χ2n) is 7.26. The van der Waals surface area contributed by atoms with Crippen molar-refractivity contribution in [2.45, 2.75) is 20.3 Å². The SMILES string of the molecule is CCOC(=O)c1c(-c2ccc([N+](=O)[O-])cc2)csc1NC(=O)Cc1cn2cccc(C)c2n1. The standard InChI is InChI=1S/C23H20N4O5S/c1-3-32-23(29)20-18(15-6-8-17(9-7-15)27(30)31)13-33-22(20)25-19(28)11-16-12-26-10-4-5-14(2)21(26)24-16/h4-10,12-13H,3,11H2,1-2H3,(H,25,28). The molecule has 0 fully saturated rings. The van der Waals surface area contributed by atoms with E-state index in [2.05, 4.69) is 10.3 Å². The van der Waals surface area contributed by atoms with Crippen molar-refractivity contribution in [3.05, 3.63) is 81.1 Å². The van der Waals surface area contributed by atoms with E-state index in [-0.39, 0.29) is 30.2 Å². The first-order valence-corrected chi connectivity index (χ1v) is 11.0. The van der Waals surface area contributed by atoms with Crippen molar-refractivity contribution < 1.29 is 19.2 Å². The minimum Gasteiger partial charge on any atom is -0.462 e. The zero-order valence-electron chi connectivity index (χ0n) is 17.9. The Balaban J connectivity index is 1.61. The van der Waals surface area contributed by atoms with E-state index in [1.165, 1.54) is 23.5 Å². The molecule has 33 heavy (non-hydrogen) atoms. The molecule has 0 aliphatic heterocycles. The van der Waals surface area contributed by atoms with Gasteiger partial charge in [0.05, 0.1) is 23.6 Å². The van der Waals surface area contributed by atoms with Crippen LogP contribution in [0.5, 0.6) is 0 Å². The van der Waals surface area contributed by atoms with Crippen molar-refractivity contribution >= 4 is 39.5 Å². The molecule has 0 atom stereocenters. The highest BCUT2D eigenvalue weighted by Crippen LogP contribution is 2.37. The van der Waals surface area contributed by atoms with Gasteiger partial charge in [0, 0.05) is 35.5 Å². The number of nitro benzene ring substituents is 1. The molecule has 0 aliphatic rings. The third-order valence-corrected chi connectivity index (χ3v) is 5.88. The van der Waals surface area contributed by atoms with Crippen molar-refractivity contribution in [1.82, 2.24) is 9.38 Å². The molecule has 1 N–H and O–H groups in total. The van der Waals surface area contributed by atoms with Crippen LogP contribution in [0.2, 0.25) is 0 Å². The van der Waals surface area contributed by atoms with E-state index in [0.717, 1.165) is 11.2 Å². The van der Waals surface area contributed by atoms with E-state index in [1.807, 2.05) is 29.7 Å². The van der Waals surface area contributed by atoms with Crippen molar-refractivity contribution in [3.8, 4) is 11.1 Å². The molecule has 0 aliphatic carbocycles. The number of aromatic nitrogens is 2. The summed E-state index contributed by atoms with van der Waals surface area (Å²) in [4.78, 5) is 40.4. The number of ether oxygens (including phenoxy) is 1. The molecule has 0 saturated heterocycles. The lowest BCUT2D eigenvalue weighted by Crippen LogP contribution is -2.16. The molecule has 3 aromatic heterocycles. The number of imidazole rings is 1. The number of esters is 1. The average molecular weight is 465 g/mol. The number of nitrogens with zero attached hydrogens (tertiary/aromatic N) is 3. The van der Waals surface area contributed by atoms with E-state index >= 15 is 0 Å². The summed E-state index contributed by atoms with van der Waals surface area (Å²) in [7, 11) is 0. The van der Waals surface area contributed by atoms with Crippen LogP contribution in [-0.4, -0.2) is 32.8 Å². The predicted molar refractivity (Wildman–Crippen MR) is 125 cm³/mol. The number of rotatable bonds is 7. The van der Waals surface area contributed by atoms with Gasteiger partial charge in [-0.15, -0.1) is 11.3 Å². The monoisotopic (exact) mass is 464 g/mol.